The molecule has 0 aliphatic heterocycles. The molecule has 0 aromatic carbocycles. The Bertz CT molecular complexity index is 844. The molecule has 0 atom stereocenters. The fraction of sp³-hybridized carbons (Fsp3) is 0. The van der Waals surface area contributed by atoms with E-state index in [1.807, 2.05) is 41.2 Å². The lowest BCUT2D eigenvalue weighted by Gasteiger charge is -1.99. The van der Waals surface area contributed by atoms with Crippen LogP contribution in [0.2, 0.25) is 0 Å². The first kappa shape index (κ1) is 9.29. The van der Waals surface area contributed by atoms with Gasteiger partial charge in [0.25, 0.3) is 0 Å². The minimum atomic E-state index is 0.822. The van der Waals surface area contributed by atoms with Crippen molar-refractivity contribution in [2.75, 3.05) is 0 Å². The summed E-state index contributed by atoms with van der Waals surface area (Å²) in [6, 6.07) is 5.78. The Morgan fingerprint density at radius 1 is 1.17 bits per heavy atom. The number of aromatic nitrogens is 6. The molecule has 0 saturated heterocycles. The lowest BCUT2D eigenvalue weighted by molar-refractivity contribution is 0.939. The minimum Gasteiger partial charge on any atom is -0.288 e. The van der Waals surface area contributed by atoms with Crippen molar-refractivity contribution in [2.45, 2.75) is 0 Å². The lowest BCUT2D eigenvalue weighted by atomic mass is 10.1. The van der Waals surface area contributed by atoms with E-state index in [0.717, 1.165) is 22.4 Å². The number of rotatable bonds is 1. The molecule has 6 nitrogen and oxygen atoms in total. The molecule has 0 radical (unpaired) electrons. The van der Waals surface area contributed by atoms with Crippen LogP contribution in [-0.4, -0.2) is 29.2 Å². The molecule has 0 unspecified atom stereocenters. The smallest absolute Gasteiger partial charge is 0.162 e. The quantitative estimate of drug-likeness (QED) is 0.501. The first-order valence-electron chi connectivity index (χ1n) is 5.50. The van der Waals surface area contributed by atoms with E-state index in [-0.39, 0.29) is 0 Å². The molecule has 86 valence electrons. The molecule has 0 aliphatic carbocycles. The van der Waals surface area contributed by atoms with Crippen molar-refractivity contribution in [1.29, 1.82) is 0 Å². The molecule has 18 heavy (non-hydrogen) atoms. The Balaban J connectivity index is 2.00. The first-order valence-corrected chi connectivity index (χ1v) is 5.50. The molecule has 0 saturated carbocycles. The Hall–Kier alpha value is -2.76. The second kappa shape index (κ2) is 3.36. The lowest BCUT2D eigenvalue weighted by Crippen LogP contribution is -1.89. The van der Waals surface area contributed by atoms with Crippen molar-refractivity contribution in [3.05, 3.63) is 49.3 Å². The highest BCUT2D eigenvalue weighted by Gasteiger charge is 2.08. The van der Waals surface area contributed by atoms with Gasteiger partial charge in [-0.05, 0) is 18.2 Å². The van der Waals surface area contributed by atoms with Gasteiger partial charge in [0.2, 0.25) is 0 Å². The van der Waals surface area contributed by atoms with Crippen LogP contribution >= 0.6 is 0 Å². The first-order chi connectivity index (χ1) is 8.92. The standard InChI is InChI=1S/C12H8N6/c1-4-13-12-10(6-15-18(12)5-1)9-2-3-11-16-14-8-17(11)7-9/h1-8H. The highest BCUT2D eigenvalue weighted by Crippen LogP contribution is 2.22. The molecule has 0 N–H and O–H groups in total. The molecule has 0 amide bonds. The van der Waals surface area contributed by atoms with Gasteiger partial charge in [0.15, 0.2) is 11.3 Å². The van der Waals surface area contributed by atoms with Gasteiger partial charge >= 0.3 is 0 Å². The summed E-state index contributed by atoms with van der Waals surface area (Å²) < 4.78 is 3.63. The van der Waals surface area contributed by atoms with Gasteiger partial charge in [0, 0.05) is 29.7 Å². The molecule has 4 aromatic rings. The van der Waals surface area contributed by atoms with Crippen LogP contribution in [0.25, 0.3) is 22.4 Å². The number of hydrogen-bond donors (Lipinski definition) is 0. The summed E-state index contributed by atoms with van der Waals surface area (Å²) in [6.45, 7) is 0. The van der Waals surface area contributed by atoms with E-state index in [2.05, 4.69) is 20.3 Å². The maximum Gasteiger partial charge on any atom is 0.162 e. The topological polar surface area (TPSA) is 60.4 Å². The van der Waals surface area contributed by atoms with Gasteiger partial charge in [0.05, 0.1) is 6.20 Å². The molecule has 6 heteroatoms. The minimum absolute atomic E-state index is 0.822. The van der Waals surface area contributed by atoms with Crippen molar-refractivity contribution in [3.63, 3.8) is 0 Å². The molecular formula is C12H8N6. The second-order valence-corrected chi connectivity index (χ2v) is 3.96. The van der Waals surface area contributed by atoms with Crippen molar-refractivity contribution >= 4 is 11.3 Å². The molecule has 4 heterocycles. The van der Waals surface area contributed by atoms with Crippen LogP contribution in [-0.2, 0) is 0 Å². The van der Waals surface area contributed by atoms with Crippen LogP contribution in [0.3, 0.4) is 0 Å². The fourth-order valence-electron chi connectivity index (χ4n) is 2.02. The van der Waals surface area contributed by atoms with Crippen LogP contribution in [0.15, 0.2) is 49.3 Å². The van der Waals surface area contributed by atoms with Gasteiger partial charge < -0.3 is 0 Å². The maximum atomic E-state index is 4.35. The van der Waals surface area contributed by atoms with Gasteiger partial charge in [0.1, 0.15) is 6.33 Å². The molecule has 0 fully saturated rings. The summed E-state index contributed by atoms with van der Waals surface area (Å²) in [4.78, 5) is 4.35. The van der Waals surface area contributed by atoms with Gasteiger partial charge in [-0.25, -0.2) is 9.50 Å². The van der Waals surface area contributed by atoms with Crippen LogP contribution in [0.4, 0.5) is 0 Å². The van der Waals surface area contributed by atoms with Crippen molar-refractivity contribution < 1.29 is 0 Å². The monoisotopic (exact) mass is 236 g/mol. The largest absolute Gasteiger partial charge is 0.288 e. The predicted molar refractivity (Wildman–Crippen MR) is 65.0 cm³/mol. The third kappa shape index (κ3) is 1.22. The Morgan fingerprint density at radius 3 is 3.17 bits per heavy atom. The number of pyridine rings is 1. The van der Waals surface area contributed by atoms with E-state index in [9.17, 15) is 0 Å². The zero-order valence-corrected chi connectivity index (χ0v) is 9.30. The maximum absolute atomic E-state index is 4.35. The molecule has 4 aromatic heterocycles. The Morgan fingerprint density at radius 2 is 2.17 bits per heavy atom. The normalized spacial score (nSPS) is 11.3. The summed E-state index contributed by atoms with van der Waals surface area (Å²) in [6.07, 6.45) is 9.10. The fourth-order valence-corrected chi connectivity index (χ4v) is 2.02. The van der Waals surface area contributed by atoms with Crippen molar-refractivity contribution in [3.8, 4) is 11.1 Å². The Kier molecular flexibility index (Phi) is 1.74. The van der Waals surface area contributed by atoms with E-state index < -0.39 is 0 Å². The van der Waals surface area contributed by atoms with E-state index in [1.54, 1.807) is 17.0 Å². The van der Waals surface area contributed by atoms with Crippen LogP contribution < -0.4 is 0 Å². The van der Waals surface area contributed by atoms with Crippen molar-refractivity contribution in [2.24, 2.45) is 0 Å². The zero-order valence-electron chi connectivity index (χ0n) is 9.30. The average molecular weight is 236 g/mol. The average Bonchev–Trinajstić information content (AvgIpc) is 3.04. The van der Waals surface area contributed by atoms with Gasteiger partial charge in [-0.3, -0.25) is 4.40 Å². The summed E-state index contributed by atoms with van der Waals surface area (Å²) >= 11 is 0. The van der Waals surface area contributed by atoms with Crippen molar-refractivity contribution in [1.82, 2.24) is 29.2 Å². The van der Waals surface area contributed by atoms with Crippen LogP contribution in [0.1, 0.15) is 0 Å². The molecule has 0 aliphatic rings. The highest BCUT2D eigenvalue weighted by atomic mass is 15.2. The summed E-state index contributed by atoms with van der Waals surface area (Å²) in [5.41, 5.74) is 3.69. The van der Waals surface area contributed by atoms with E-state index in [1.165, 1.54) is 0 Å². The number of hydrogen-bond acceptors (Lipinski definition) is 4. The second-order valence-electron chi connectivity index (χ2n) is 3.96. The van der Waals surface area contributed by atoms with Gasteiger partial charge in [-0.2, -0.15) is 5.10 Å². The van der Waals surface area contributed by atoms with E-state index in [0.29, 0.717) is 0 Å². The number of fused-ring (bicyclic) bond motifs is 2. The SMILES string of the molecule is c1cnc2c(-c3ccc4nncn4c3)cnn2c1. The summed E-state index contributed by atoms with van der Waals surface area (Å²) in [7, 11) is 0. The third-order valence-electron chi connectivity index (χ3n) is 2.88. The highest BCUT2D eigenvalue weighted by molar-refractivity contribution is 5.76. The molecular weight excluding hydrogens is 228 g/mol. The Labute approximate surface area is 102 Å². The summed E-state index contributed by atoms with van der Waals surface area (Å²) in [5, 5.41) is 12.1. The molecule has 0 spiro atoms. The van der Waals surface area contributed by atoms with Crippen LogP contribution in [0.5, 0.6) is 0 Å². The van der Waals surface area contributed by atoms with E-state index in [4.69, 9.17) is 0 Å². The third-order valence-corrected chi connectivity index (χ3v) is 2.88. The van der Waals surface area contributed by atoms with Gasteiger partial charge in [-0.1, -0.05) is 0 Å². The number of nitrogens with zero attached hydrogens (tertiary/aromatic N) is 6. The molecule has 4 rings (SSSR count). The summed E-state index contributed by atoms with van der Waals surface area (Å²) in [5.74, 6) is 0. The predicted octanol–water partition coefficient (Wildman–Crippen LogP) is 1.44. The van der Waals surface area contributed by atoms with E-state index >= 15 is 0 Å². The van der Waals surface area contributed by atoms with Gasteiger partial charge in [-0.15, -0.1) is 10.2 Å². The zero-order chi connectivity index (χ0) is 11.9. The molecule has 0 bridgehead atoms. The van der Waals surface area contributed by atoms with Crippen LogP contribution in [0, 0.1) is 0 Å².